The molecule has 0 amide bonds. The van der Waals surface area contributed by atoms with Crippen LogP contribution in [0.5, 0.6) is 0 Å². The Morgan fingerprint density at radius 3 is 2.00 bits per heavy atom. The maximum absolute atomic E-state index is 13.1. The number of alkyl halides is 2. The molecule has 0 aliphatic heterocycles. The summed E-state index contributed by atoms with van der Waals surface area (Å²) in [6, 6.07) is 0. The van der Waals surface area contributed by atoms with Gasteiger partial charge in [0.05, 0.1) is 10.0 Å². The molecule has 0 atom stereocenters. The third-order valence-corrected chi connectivity index (χ3v) is 3.80. The summed E-state index contributed by atoms with van der Waals surface area (Å²) < 4.78 is 26.3. The van der Waals surface area contributed by atoms with E-state index in [2.05, 4.69) is 4.98 Å². The molecule has 1 aromatic rings. The Hall–Kier alpha value is -0.450. The second kappa shape index (κ2) is 4.34. The highest BCUT2D eigenvalue weighted by Gasteiger charge is 2.43. The van der Waals surface area contributed by atoms with Crippen molar-refractivity contribution in [3.63, 3.8) is 0 Å². The Kier molecular flexibility index (Phi) is 3.31. The maximum Gasteiger partial charge on any atom is 0.248 e. The molecule has 17 heavy (non-hydrogen) atoms. The van der Waals surface area contributed by atoms with E-state index in [1.165, 1.54) is 12.4 Å². The van der Waals surface area contributed by atoms with Crippen molar-refractivity contribution in [1.29, 1.82) is 0 Å². The minimum Gasteiger partial charge on any atom is -0.321 e. The standard InChI is InChI=1S/C11H12Cl2F2N2/c12-7-5-17-6-8(13)9(7)10(16)1-3-11(14,15)4-2-10/h5-6H,1-4,16H2. The zero-order chi connectivity index (χ0) is 12.7. The molecule has 1 aliphatic carbocycles. The first-order valence-electron chi connectivity index (χ1n) is 5.30. The Morgan fingerprint density at radius 2 is 1.53 bits per heavy atom. The lowest BCUT2D eigenvalue weighted by Crippen LogP contribution is -2.44. The van der Waals surface area contributed by atoms with Crippen LogP contribution in [0.2, 0.25) is 10.0 Å². The summed E-state index contributed by atoms with van der Waals surface area (Å²) in [6.45, 7) is 0. The number of rotatable bonds is 1. The van der Waals surface area contributed by atoms with E-state index in [0.29, 0.717) is 15.6 Å². The molecule has 2 rings (SSSR count). The molecule has 6 heteroatoms. The van der Waals surface area contributed by atoms with Crippen LogP contribution in [0.4, 0.5) is 8.78 Å². The van der Waals surface area contributed by atoms with Gasteiger partial charge in [0.25, 0.3) is 0 Å². The summed E-state index contributed by atoms with van der Waals surface area (Å²) in [4.78, 5) is 3.83. The Balaban J connectivity index is 2.34. The molecule has 0 aromatic carbocycles. The van der Waals surface area contributed by atoms with E-state index in [9.17, 15) is 8.78 Å². The molecule has 0 bridgehead atoms. The van der Waals surface area contributed by atoms with Gasteiger partial charge in [-0.1, -0.05) is 23.2 Å². The van der Waals surface area contributed by atoms with Gasteiger partial charge < -0.3 is 5.73 Å². The van der Waals surface area contributed by atoms with Gasteiger partial charge >= 0.3 is 0 Å². The normalized spacial score (nSPS) is 22.4. The first-order valence-corrected chi connectivity index (χ1v) is 6.06. The lowest BCUT2D eigenvalue weighted by atomic mass is 9.76. The van der Waals surface area contributed by atoms with Gasteiger partial charge in [0.2, 0.25) is 5.92 Å². The van der Waals surface area contributed by atoms with Crippen molar-refractivity contribution in [2.24, 2.45) is 5.73 Å². The van der Waals surface area contributed by atoms with Crippen molar-refractivity contribution < 1.29 is 8.78 Å². The van der Waals surface area contributed by atoms with Crippen LogP contribution in [0.25, 0.3) is 0 Å². The largest absolute Gasteiger partial charge is 0.321 e. The average Bonchev–Trinajstić information content (AvgIpc) is 2.23. The fourth-order valence-electron chi connectivity index (χ4n) is 2.20. The first kappa shape index (κ1) is 13.0. The van der Waals surface area contributed by atoms with Gasteiger partial charge in [0.15, 0.2) is 0 Å². The Labute approximate surface area is 108 Å². The van der Waals surface area contributed by atoms with Crippen LogP contribution in [-0.2, 0) is 5.54 Å². The van der Waals surface area contributed by atoms with Crippen molar-refractivity contribution in [3.8, 4) is 0 Å². The number of aromatic nitrogens is 1. The number of nitrogens with zero attached hydrogens (tertiary/aromatic N) is 1. The molecule has 94 valence electrons. The third-order valence-electron chi connectivity index (χ3n) is 3.23. The summed E-state index contributed by atoms with van der Waals surface area (Å²) in [5.74, 6) is -2.63. The van der Waals surface area contributed by atoms with Crippen molar-refractivity contribution >= 4 is 23.2 Å². The zero-order valence-corrected chi connectivity index (χ0v) is 10.5. The quantitative estimate of drug-likeness (QED) is 0.851. The van der Waals surface area contributed by atoms with Gasteiger partial charge in [-0.15, -0.1) is 0 Å². The molecule has 1 saturated carbocycles. The summed E-state index contributed by atoms with van der Waals surface area (Å²) in [5, 5.41) is 0.676. The molecule has 0 spiro atoms. The van der Waals surface area contributed by atoms with Crippen molar-refractivity contribution in [1.82, 2.24) is 4.98 Å². The van der Waals surface area contributed by atoms with Crippen molar-refractivity contribution in [3.05, 3.63) is 28.0 Å². The van der Waals surface area contributed by atoms with Gasteiger partial charge in [0.1, 0.15) is 0 Å². The van der Waals surface area contributed by atoms with E-state index in [-0.39, 0.29) is 25.7 Å². The average molecular weight is 281 g/mol. The van der Waals surface area contributed by atoms with E-state index < -0.39 is 11.5 Å². The number of halogens is 4. The predicted molar refractivity (Wildman–Crippen MR) is 63.5 cm³/mol. The second-order valence-corrected chi connectivity index (χ2v) is 5.30. The molecule has 1 fully saturated rings. The smallest absolute Gasteiger partial charge is 0.248 e. The first-order chi connectivity index (χ1) is 7.84. The highest BCUT2D eigenvalue weighted by atomic mass is 35.5. The highest BCUT2D eigenvalue weighted by Crippen LogP contribution is 2.45. The fourth-order valence-corrected chi connectivity index (χ4v) is 2.94. The summed E-state index contributed by atoms with van der Waals surface area (Å²) >= 11 is 12.0. The van der Waals surface area contributed by atoms with Crippen LogP contribution >= 0.6 is 23.2 Å². The molecule has 0 unspecified atom stereocenters. The van der Waals surface area contributed by atoms with E-state index in [0.717, 1.165) is 0 Å². The van der Waals surface area contributed by atoms with Gasteiger partial charge in [0, 0.05) is 36.3 Å². The molecule has 2 nitrogen and oxygen atoms in total. The summed E-state index contributed by atoms with van der Waals surface area (Å²) in [7, 11) is 0. The molecule has 1 aromatic heterocycles. The number of nitrogens with two attached hydrogens (primary N) is 1. The monoisotopic (exact) mass is 280 g/mol. The second-order valence-electron chi connectivity index (χ2n) is 4.49. The van der Waals surface area contributed by atoms with Gasteiger partial charge in [-0.3, -0.25) is 4.98 Å². The third kappa shape index (κ3) is 2.54. The van der Waals surface area contributed by atoms with E-state index in [4.69, 9.17) is 28.9 Å². The van der Waals surface area contributed by atoms with Gasteiger partial charge in [-0.25, -0.2) is 8.78 Å². The number of hydrogen-bond acceptors (Lipinski definition) is 2. The number of hydrogen-bond donors (Lipinski definition) is 1. The summed E-state index contributed by atoms with van der Waals surface area (Å²) in [6.07, 6.45) is 2.73. The maximum atomic E-state index is 13.1. The number of pyridine rings is 1. The Bertz CT molecular complexity index is 407. The van der Waals surface area contributed by atoms with E-state index in [1.807, 2.05) is 0 Å². The Morgan fingerprint density at radius 1 is 1.06 bits per heavy atom. The predicted octanol–water partition coefficient (Wildman–Crippen LogP) is 3.75. The minimum absolute atomic E-state index is 0.170. The lowest BCUT2D eigenvalue weighted by Gasteiger charge is -2.38. The van der Waals surface area contributed by atoms with Crippen LogP contribution in [0, 0.1) is 0 Å². The van der Waals surface area contributed by atoms with Crippen LogP contribution in [0.1, 0.15) is 31.2 Å². The summed E-state index contributed by atoms with van der Waals surface area (Å²) in [5.41, 5.74) is 5.83. The van der Waals surface area contributed by atoms with E-state index >= 15 is 0 Å². The lowest BCUT2D eigenvalue weighted by molar-refractivity contribution is -0.0513. The minimum atomic E-state index is -2.63. The van der Waals surface area contributed by atoms with Crippen LogP contribution < -0.4 is 5.73 Å². The van der Waals surface area contributed by atoms with Crippen LogP contribution in [0.3, 0.4) is 0 Å². The van der Waals surface area contributed by atoms with Crippen molar-refractivity contribution in [2.45, 2.75) is 37.1 Å². The van der Waals surface area contributed by atoms with Crippen LogP contribution in [0.15, 0.2) is 12.4 Å². The van der Waals surface area contributed by atoms with Gasteiger partial charge in [-0.05, 0) is 12.8 Å². The van der Waals surface area contributed by atoms with Gasteiger partial charge in [-0.2, -0.15) is 0 Å². The molecule has 1 aliphatic rings. The highest BCUT2D eigenvalue weighted by molar-refractivity contribution is 6.36. The van der Waals surface area contributed by atoms with Crippen LogP contribution in [-0.4, -0.2) is 10.9 Å². The van der Waals surface area contributed by atoms with Crippen molar-refractivity contribution in [2.75, 3.05) is 0 Å². The molecule has 0 saturated heterocycles. The van der Waals surface area contributed by atoms with E-state index in [1.54, 1.807) is 0 Å². The molecular formula is C11H12Cl2F2N2. The molecular weight excluding hydrogens is 269 g/mol. The SMILES string of the molecule is NC1(c2c(Cl)cncc2Cl)CCC(F)(F)CC1. The molecule has 0 radical (unpaired) electrons. The fraction of sp³-hybridized carbons (Fsp3) is 0.545. The molecule has 1 heterocycles. The topological polar surface area (TPSA) is 38.9 Å². The zero-order valence-electron chi connectivity index (χ0n) is 9.02. The molecule has 2 N–H and O–H groups in total.